The van der Waals surface area contributed by atoms with E-state index >= 15 is 0 Å². The lowest BCUT2D eigenvalue weighted by Crippen LogP contribution is -2.42. The Bertz CT molecular complexity index is 1520. The summed E-state index contributed by atoms with van der Waals surface area (Å²) in [7, 11) is 0. The second-order valence-electron chi connectivity index (χ2n) is 7.78. The first kappa shape index (κ1) is 21.2. The van der Waals surface area contributed by atoms with E-state index in [0.717, 1.165) is 12.8 Å². The van der Waals surface area contributed by atoms with E-state index < -0.39 is 23.1 Å². The Kier molecular flexibility index (Phi) is 5.20. The summed E-state index contributed by atoms with van der Waals surface area (Å²) in [6, 6.07) is 7.94. The smallest absolute Gasteiger partial charge is 0.278 e. The summed E-state index contributed by atoms with van der Waals surface area (Å²) in [5, 5.41) is 10.9. The van der Waals surface area contributed by atoms with Crippen molar-refractivity contribution in [3.8, 4) is 5.69 Å². The van der Waals surface area contributed by atoms with E-state index in [2.05, 4.69) is 36.3 Å². The van der Waals surface area contributed by atoms with Gasteiger partial charge in [-0.2, -0.15) is 0 Å². The molecule has 3 N–H and O–H groups in total. The summed E-state index contributed by atoms with van der Waals surface area (Å²) in [6.07, 6.45) is 3.25. The van der Waals surface area contributed by atoms with Crippen molar-refractivity contribution in [1.29, 1.82) is 0 Å². The van der Waals surface area contributed by atoms with Gasteiger partial charge in [-0.1, -0.05) is 0 Å². The SMILES string of the molecule is CCn1c(=O)[nH]c(=O)c2c(C(=O)NNC(=O)c3ccc(-n4cnnn4)cc3)cc(C3CC3)nc21. The second kappa shape index (κ2) is 8.35. The molecule has 1 aromatic carbocycles. The third-order valence-corrected chi connectivity index (χ3v) is 5.56. The number of carbonyl (C=O) groups is 2. The summed E-state index contributed by atoms with van der Waals surface area (Å²) >= 11 is 0. The van der Waals surface area contributed by atoms with Gasteiger partial charge in [-0.05, 0) is 60.5 Å². The van der Waals surface area contributed by atoms with Crippen LogP contribution < -0.4 is 22.1 Å². The fraction of sp³-hybridized carbons (Fsp3) is 0.238. The van der Waals surface area contributed by atoms with Gasteiger partial charge in [0.2, 0.25) is 0 Å². The molecule has 2 amide bonds. The van der Waals surface area contributed by atoms with Gasteiger partial charge in [-0.3, -0.25) is 34.8 Å². The lowest BCUT2D eigenvalue weighted by atomic mass is 10.1. The van der Waals surface area contributed by atoms with Gasteiger partial charge in [-0.25, -0.2) is 14.5 Å². The molecule has 3 aromatic heterocycles. The molecule has 0 aliphatic heterocycles. The molecule has 0 saturated heterocycles. The van der Waals surface area contributed by atoms with Gasteiger partial charge in [0.25, 0.3) is 17.4 Å². The quantitative estimate of drug-likeness (QED) is 0.350. The van der Waals surface area contributed by atoms with E-state index in [1.54, 1.807) is 37.3 Å². The molecule has 0 radical (unpaired) electrons. The van der Waals surface area contributed by atoms with Crippen LogP contribution in [-0.4, -0.2) is 46.6 Å². The molecule has 0 unspecified atom stereocenters. The number of benzene rings is 1. The van der Waals surface area contributed by atoms with E-state index in [-0.39, 0.29) is 34.6 Å². The molecule has 13 heteroatoms. The molecule has 1 fully saturated rings. The predicted octanol–water partition coefficient (Wildman–Crippen LogP) is 0.0326. The summed E-state index contributed by atoms with van der Waals surface area (Å²) in [6.45, 7) is 2.01. The molecule has 13 nitrogen and oxygen atoms in total. The van der Waals surface area contributed by atoms with Crippen molar-refractivity contribution in [1.82, 2.24) is 45.6 Å². The van der Waals surface area contributed by atoms with Crippen molar-refractivity contribution in [2.75, 3.05) is 0 Å². The van der Waals surface area contributed by atoms with Crippen LogP contribution in [0.1, 0.15) is 52.1 Å². The van der Waals surface area contributed by atoms with Crippen LogP contribution in [0.5, 0.6) is 0 Å². The van der Waals surface area contributed by atoms with Crippen LogP contribution in [0.15, 0.2) is 46.2 Å². The van der Waals surface area contributed by atoms with Gasteiger partial charge in [0.15, 0.2) is 5.65 Å². The standard InChI is InChI=1S/C21H19N9O4/c1-2-29-17-16(20(33)24-21(29)34)14(9-15(23-17)11-3-4-11)19(32)26-25-18(31)12-5-7-13(8-6-12)30-10-22-27-28-30/h5-11H,2-4H2,1H3,(H,25,31)(H,26,32)(H,24,33,34). The largest absolute Gasteiger partial charge is 0.329 e. The highest BCUT2D eigenvalue weighted by Gasteiger charge is 2.28. The van der Waals surface area contributed by atoms with Gasteiger partial charge in [0.05, 0.1) is 16.6 Å². The number of aromatic nitrogens is 7. The highest BCUT2D eigenvalue weighted by Crippen LogP contribution is 2.39. The minimum atomic E-state index is -0.714. The zero-order chi connectivity index (χ0) is 23.8. The molecule has 0 bridgehead atoms. The number of aromatic amines is 1. The van der Waals surface area contributed by atoms with Crippen LogP contribution in [-0.2, 0) is 6.54 Å². The molecule has 1 saturated carbocycles. The maximum atomic E-state index is 13.0. The molecule has 34 heavy (non-hydrogen) atoms. The summed E-state index contributed by atoms with van der Waals surface area (Å²) in [5.74, 6) is -1.08. The fourth-order valence-corrected chi connectivity index (χ4v) is 3.65. The molecule has 4 aromatic rings. The van der Waals surface area contributed by atoms with Crippen LogP contribution in [0.2, 0.25) is 0 Å². The molecule has 3 heterocycles. The highest BCUT2D eigenvalue weighted by molar-refractivity contribution is 6.06. The summed E-state index contributed by atoms with van der Waals surface area (Å²) < 4.78 is 2.74. The third kappa shape index (κ3) is 3.83. The first-order valence-electron chi connectivity index (χ1n) is 10.6. The van der Waals surface area contributed by atoms with Crippen molar-refractivity contribution in [3.63, 3.8) is 0 Å². The maximum Gasteiger partial charge on any atom is 0.329 e. The topological polar surface area (TPSA) is 170 Å². The van der Waals surface area contributed by atoms with Crippen molar-refractivity contribution in [2.24, 2.45) is 0 Å². The zero-order valence-corrected chi connectivity index (χ0v) is 18.0. The lowest BCUT2D eigenvalue weighted by Gasteiger charge is -2.13. The lowest BCUT2D eigenvalue weighted by molar-refractivity contribution is 0.0847. The molecular weight excluding hydrogens is 442 g/mol. The monoisotopic (exact) mass is 461 g/mol. The molecule has 5 rings (SSSR count). The van der Waals surface area contributed by atoms with Crippen LogP contribution >= 0.6 is 0 Å². The van der Waals surface area contributed by atoms with E-state index in [1.807, 2.05) is 0 Å². The van der Waals surface area contributed by atoms with Gasteiger partial charge in [0, 0.05) is 23.7 Å². The number of hydrogen-bond acceptors (Lipinski definition) is 8. The van der Waals surface area contributed by atoms with Crippen LogP contribution in [0.25, 0.3) is 16.7 Å². The minimum Gasteiger partial charge on any atom is -0.278 e. The normalized spacial score (nSPS) is 13.1. The fourth-order valence-electron chi connectivity index (χ4n) is 3.65. The van der Waals surface area contributed by atoms with Crippen LogP contribution in [0, 0.1) is 0 Å². The molecule has 0 atom stereocenters. The number of aryl methyl sites for hydroxylation is 1. The number of H-pyrrole nitrogens is 1. The Labute approximate surface area is 190 Å². The van der Waals surface area contributed by atoms with E-state index in [4.69, 9.17) is 0 Å². The van der Waals surface area contributed by atoms with E-state index in [9.17, 15) is 19.2 Å². The Morgan fingerprint density at radius 2 is 1.85 bits per heavy atom. The Hall–Kier alpha value is -4.68. The predicted molar refractivity (Wildman–Crippen MR) is 118 cm³/mol. The van der Waals surface area contributed by atoms with Crippen LogP contribution in [0.3, 0.4) is 0 Å². The average Bonchev–Trinajstić information content (AvgIpc) is 3.55. The Morgan fingerprint density at radius 3 is 2.50 bits per heavy atom. The average molecular weight is 461 g/mol. The number of rotatable bonds is 5. The first-order chi connectivity index (χ1) is 16.5. The number of carbonyl (C=O) groups excluding carboxylic acids is 2. The van der Waals surface area contributed by atoms with Gasteiger partial charge < -0.3 is 0 Å². The second-order valence-corrected chi connectivity index (χ2v) is 7.78. The number of fused-ring (bicyclic) bond motifs is 1. The molecule has 1 aliphatic rings. The molecule has 0 spiro atoms. The minimum absolute atomic E-state index is 0.0107. The number of hydrazine groups is 1. The first-order valence-corrected chi connectivity index (χ1v) is 10.6. The van der Waals surface area contributed by atoms with Crippen LogP contribution in [0.4, 0.5) is 0 Å². The van der Waals surface area contributed by atoms with Crippen molar-refractivity contribution in [3.05, 3.63) is 74.3 Å². The number of pyridine rings is 1. The number of nitrogens with one attached hydrogen (secondary N) is 3. The van der Waals surface area contributed by atoms with Crippen molar-refractivity contribution >= 4 is 22.8 Å². The van der Waals surface area contributed by atoms with Gasteiger partial charge >= 0.3 is 5.69 Å². The van der Waals surface area contributed by atoms with Crippen molar-refractivity contribution < 1.29 is 9.59 Å². The zero-order valence-electron chi connectivity index (χ0n) is 18.0. The number of amides is 2. The Morgan fingerprint density at radius 1 is 1.12 bits per heavy atom. The summed E-state index contributed by atoms with van der Waals surface area (Å²) in [5.41, 5.74) is 5.16. The third-order valence-electron chi connectivity index (χ3n) is 5.56. The highest BCUT2D eigenvalue weighted by atomic mass is 16.2. The maximum absolute atomic E-state index is 13.0. The molecule has 1 aliphatic carbocycles. The molecular formula is C21H19N9O4. The number of hydrogen-bond donors (Lipinski definition) is 3. The van der Waals surface area contributed by atoms with E-state index in [1.165, 1.54) is 15.6 Å². The molecule has 172 valence electrons. The van der Waals surface area contributed by atoms with Gasteiger partial charge in [0.1, 0.15) is 6.33 Å². The van der Waals surface area contributed by atoms with Gasteiger partial charge in [-0.15, -0.1) is 5.10 Å². The number of nitrogens with zero attached hydrogens (tertiary/aromatic N) is 6. The van der Waals surface area contributed by atoms with Crippen molar-refractivity contribution in [2.45, 2.75) is 32.2 Å². The summed E-state index contributed by atoms with van der Waals surface area (Å²) in [4.78, 5) is 57.1. The Balaban J connectivity index is 1.42. The number of tetrazole rings is 1. The van der Waals surface area contributed by atoms with E-state index in [0.29, 0.717) is 11.4 Å².